The molecule has 104 valence electrons. The summed E-state index contributed by atoms with van der Waals surface area (Å²) in [6.45, 7) is 0. The summed E-state index contributed by atoms with van der Waals surface area (Å²) in [5.74, 6) is -3.41. The van der Waals surface area contributed by atoms with Crippen LogP contribution in [0.2, 0.25) is 0 Å². The molecule has 0 saturated heterocycles. The van der Waals surface area contributed by atoms with Gasteiger partial charge >= 0.3 is 5.97 Å². The van der Waals surface area contributed by atoms with Gasteiger partial charge < -0.3 is 5.11 Å². The molecule has 0 spiro atoms. The molecule has 0 radical (unpaired) electrons. The van der Waals surface area contributed by atoms with E-state index in [9.17, 15) is 18.7 Å². The van der Waals surface area contributed by atoms with Gasteiger partial charge in [-0.1, -0.05) is 40.2 Å². The fraction of sp³-hybridized carbons (Fsp3) is 0.133. The fourth-order valence-electron chi connectivity index (χ4n) is 2.00. The van der Waals surface area contributed by atoms with Gasteiger partial charge in [-0.25, -0.2) is 8.78 Å². The number of carboxylic acid groups (broad SMARTS) is 1. The molecule has 2 nitrogen and oxygen atoms in total. The molecule has 0 amide bonds. The summed E-state index contributed by atoms with van der Waals surface area (Å²) in [4.78, 5) is 11.3. The Morgan fingerprint density at radius 1 is 1.15 bits per heavy atom. The van der Waals surface area contributed by atoms with Crippen molar-refractivity contribution >= 4 is 21.9 Å². The van der Waals surface area contributed by atoms with Gasteiger partial charge in [-0.15, -0.1) is 0 Å². The topological polar surface area (TPSA) is 37.3 Å². The first-order valence-corrected chi connectivity index (χ1v) is 6.69. The summed E-state index contributed by atoms with van der Waals surface area (Å²) in [5, 5.41) is 9.26. The van der Waals surface area contributed by atoms with Crippen molar-refractivity contribution in [1.29, 1.82) is 0 Å². The highest BCUT2D eigenvalue weighted by Gasteiger charge is 2.24. The second-order valence-corrected chi connectivity index (χ2v) is 5.27. The van der Waals surface area contributed by atoms with E-state index in [0.29, 0.717) is 4.47 Å². The molecular weight excluding hydrogens is 330 g/mol. The molecular formula is C15H11BrF2O2. The molecule has 0 fully saturated rings. The van der Waals surface area contributed by atoms with Crippen molar-refractivity contribution in [2.75, 3.05) is 0 Å². The highest BCUT2D eigenvalue weighted by molar-refractivity contribution is 9.10. The van der Waals surface area contributed by atoms with Gasteiger partial charge in [-0.05, 0) is 30.2 Å². The molecule has 0 saturated carbocycles. The standard InChI is InChI=1S/C15H11BrF2O2/c16-10-6-5-9(14(18)8-10)7-12(15(19)20)11-3-1-2-4-13(11)17/h1-6,8,12H,7H2,(H,19,20). The number of rotatable bonds is 4. The minimum atomic E-state index is -1.18. The smallest absolute Gasteiger partial charge is 0.311 e. The van der Waals surface area contributed by atoms with E-state index in [1.165, 1.54) is 30.3 Å². The van der Waals surface area contributed by atoms with Crippen molar-refractivity contribution in [2.24, 2.45) is 0 Å². The summed E-state index contributed by atoms with van der Waals surface area (Å²) < 4.78 is 28.0. The molecule has 1 unspecified atom stereocenters. The maximum Gasteiger partial charge on any atom is 0.311 e. The summed E-state index contributed by atoms with van der Waals surface area (Å²) in [6, 6.07) is 10.0. The first kappa shape index (κ1) is 14.7. The van der Waals surface area contributed by atoms with E-state index in [4.69, 9.17) is 0 Å². The number of carbonyl (C=O) groups is 1. The molecule has 0 heterocycles. The number of aliphatic carboxylic acids is 1. The largest absolute Gasteiger partial charge is 0.481 e. The second kappa shape index (κ2) is 6.13. The Hall–Kier alpha value is -1.75. The van der Waals surface area contributed by atoms with Crippen LogP contribution >= 0.6 is 15.9 Å². The Balaban J connectivity index is 2.36. The number of hydrogen-bond donors (Lipinski definition) is 1. The van der Waals surface area contributed by atoms with Crippen LogP contribution < -0.4 is 0 Å². The van der Waals surface area contributed by atoms with Crippen molar-refractivity contribution in [3.8, 4) is 0 Å². The number of hydrogen-bond acceptors (Lipinski definition) is 1. The lowest BCUT2D eigenvalue weighted by molar-refractivity contribution is -0.138. The number of benzene rings is 2. The Morgan fingerprint density at radius 2 is 1.85 bits per heavy atom. The van der Waals surface area contributed by atoms with Crippen LogP contribution in [0.15, 0.2) is 46.9 Å². The summed E-state index contributed by atoms with van der Waals surface area (Å²) in [5.41, 5.74) is 0.297. The third-order valence-electron chi connectivity index (χ3n) is 3.02. The van der Waals surface area contributed by atoms with Gasteiger partial charge in [-0.3, -0.25) is 4.79 Å². The maximum atomic E-state index is 13.8. The van der Waals surface area contributed by atoms with Crippen LogP contribution in [-0.4, -0.2) is 11.1 Å². The van der Waals surface area contributed by atoms with Crippen LogP contribution in [0.3, 0.4) is 0 Å². The molecule has 2 aromatic rings. The average Bonchev–Trinajstić information content (AvgIpc) is 2.39. The normalized spacial score (nSPS) is 12.2. The minimum Gasteiger partial charge on any atom is -0.481 e. The van der Waals surface area contributed by atoms with E-state index < -0.39 is 23.5 Å². The first-order valence-electron chi connectivity index (χ1n) is 5.90. The van der Waals surface area contributed by atoms with Crippen molar-refractivity contribution in [1.82, 2.24) is 0 Å². The summed E-state index contributed by atoms with van der Waals surface area (Å²) in [6.07, 6.45) is -0.102. The van der Waals surface area contributed by atoms with Crippen LogP contribution in [0.25, 0.3) is 0 Å². The van der Waals surface area contributed by atoms with E-state index in [2.05, 4.69) is 15.9 Å². The van der Waals surface area contributed by atoms with Crippen molar-refractivity contribution in [2.45, 2.75) is 12.3 Å². The Bertz CT molecular complexity index is 644. The van der Waals surface area contributed by atoms with Crippen molar-refractivity contribution < 1.29 is 18.7 Å². The molecule has 2 aromatic carbocycles. The molecule has 0 aliphatic carbocycles. The van der Waals surface area contributed by atoms with Crippen LogP contribution in [0.4, 0.5) is 8.78 Å². The molecule has 0 bridgehead atoms. The van der Waals surface area contributed by atoms with E-state index in [1.54, 1.807) is 12.1 Å². The molecule has 2 rings (SSSR count). The third-order valence-corrected chi connectivity index (χ3v) is 3.51. The van der Waals surface area contributed by atoms with Crippen LogP contribution in [0, 0.1) is 11.6 Å². The summed E-state index contributed by atoms with van der Waals surface area (Å²) in [7, 11) is 0. The van der Waals surface area contributed by atoms with Gasteiger partial charge in [0.2, 0.25) is 0 Å². The quantitative estimate of drug-likeness (QED) is 0.908. The highest BCUT2D eigenvalue weighted by atomic mass is 79.9. The lowest BCUT2D eigenvalue weighted by Crippen LogP contribution is -2.16. The van der Waals surface area contributed by atoms with E-state index >= 15 is 0 Å². The monoisotopic (exact) mass is 340 g/mol. The van der Waals surface area contributed by atoms with Crippen molar-refractivity contribution in [3.05, 3.63) is 69.7 Å². The first-order chi connectivity index (χ1) is 9.49. The predicted molar refractivity (Wildman–Crippen MR) is 74.6 cm³/mol. The van der Waals surface area contributed by atoms with Gasteiger partial charge in [0.25, 0.3) is 0 Å². The molecule has 1 atom stereocenters. The molecule has 20 heavy (non-hydrogen) atoms. The molecule has 0 aliphatic rings. The zero-order valence-electron chi connectivity index (χ0n) is 10.3. The number of carboxylic acids is 1. The fourth-order valence-corrected chi connectivity index (χ4v) is 2.33. The van der Waals surface area contributed by atoms with Crippen LogP contribution in [-0.2, 0) is 11.2 Å². The Kier molecular flexibility index (Phi) is 4.49. The van der Waals surface area contributed by atoms with Crippen LogP contribution in [0.1, 0.15) is 17.0 Å². The molecule has 5 heteroatoms. The Morgan fingerprint density at radius 3 is 2.45 bits per heavy atom. The Labute approximate surface area is 123 Å². The van der Waals surface area contributed by atoms with Gasteiger partial charge in [0.05, 0.1) is 5.92 Å². The SMILES string of the molecule is O=C(O)C(Cc1ccc(Br)cc1F)c1ccccc1F. The minimum absolute atomic E-state index is 0.0577. The third kappa shape index (κ3) is 3.22. The summed E-state index contributed by atoms with van der Waals surface area (Å²) >= 11 is 3.13. The lowest BCUT2D eigenvalue weighted by Gasteiger charge is -2.14. The van der Waals surface area contributed by atoms with Crippen molar-refractivity contribution in [3.63, 3.8) is 0 Å². The van der Waals surface area contributed by atoms with E-state index in [1.807, 2.05) is 0 Å². The van der Waals surface area contributed by atoms with E-state index in [0.717, 1.165) is 0 Å². The maximum absolute atomic E-state index is 13.8. The zero-order chi connectivity index (χ0) is 14.7. The van der Waals surface area contributed by atoms with E-state index in [-0.39, 0.29) is 17.5 Å². The highest BCUT2D eigenvalue weighted by Crippen LogP contribution is 2.26. The second-order valence-electron chi connectivity index (χ2n) is 4.35. The number of halogens is 3. The van der Waals surface area contributed by atoms with Gasteiger partial charge in [0.15, 0.2) is 0 Å². The molecule has 0 aliphatic heterocycles. The zero-order valence-corrected chi connectivity index (χ0v) is 11.9. The van der Waals surface area contributed by atoms with Gasteiger partial charge in [0.1, 0.15) is 11.6 Å². The average molecular weight is 341 g/mol. The van der Waals surface area contributed by atoms with Crippen LogP contribution in [0.5, 0.6) is 0 Å². The predicted octanol–water partition coefficient (Wildman–Crippen LogP) is 4.14. The lowest BCUT2D eigenvalue weighted by atomic mass is 9.91. The molecule has 0 aromatic heterocycles. The molecule has 1 N–H and O–H groups in total. The van der Waals surface area contributed by atoms with Gasteiger partial charge in [-0.2, -0.15) is 0 Å². The van der Waals surface area contributed by atoms with Gasteiger partial charge in [0, 0.05) is 10.0 Å².